The van der Waals surface area contributed by atoms with Crippen molar-refractivity contribution in [3.05, 3.63) is 69.7 Å². The zero-order chi connectivity index (χ0) is 18.1. The number of thiazole rings is 1. The largest absolute Gasteiger partial charge is 0.321 e. The minimum Gasteiger partial charge on any atom is -0.321 e. The van der Waals surface area contributed by atoms with Crippen LogP contribution in [0.3, 0.4) is 0 Å². The van der Waals surface area contributed by atoms with Crippen molar-refractivity contribution < 1.29 is 13.6 Å². The fourth-order valence-corrected chi connectivity index (χ4v) is 3.49. The highest BCUT2D eigenvalue weighted by Gasteiger charge is 2.21. The topological polar surface area (TPSA) is 42.0 Å². The number of amides is 1. The molecule has 0 unspecified atom stereocenters. The first kappa shape index (κ1) is 17.2. The number of rotatable bonds is 3. The van der Waals surface area contributed by atoms with E-state index >= 15 is 0 Å². The Morgan fingerprint density at radius 3 is 2.36 bits per heavy atom. The maximum atomic E-state index is 13.9. The second-order valence-electron chi connectivity index (χ2n) is 5.73. The lowest BCUT2D eigenvalue weighted by atomic mass is 10.1. The lowest BCUT2D eigenvalue weighted by Gasteiger charge is -2.09. The molecule has 3 nitrogen and oxygen atoms in total. The first-order valence-corrected chi connectivity index (χ1v) is 8.49. The molecule has 25 heavy (non-hydrogen) atoms. The highest BCUT2D eigenvalue weighted by atomic mass is 32.1. The number of nitrogens with one attached hydrogen (secondary N) is 1. The lowest BCUT2D eigenvalue weighted by Crippen LogP contribution is -2.12. The van der Waals surface area contributed by atoms with Crippen molar-refractivity contribution >= 4 is 22.9 Å². The van der Waals surface area contributed by atoms with Gasteiger partial charge in [0, 0.05) is 5.69 Å². The molecule has 0 bridgehead atoms. The lowest BCUT2D eigenvalue weighted by molar-refractivity contribution is 0.102. The maximum Gasteiger partial charge on any atom is 0.267 e. The quantitative estimate of drug-likeness (QED) is 0.693. The average molecular weight is 358 g/mol. The minimum atomic E-state index is -0.699. The minimum absolute atomic E-state index is 0.152. The Hall–Kier alpha value is -2.60. The number of aromatic nitrogens is 1. The smallest absolute Gasteiger partial charge is 0.267 e. The summed E-state index contributed by atoms with van der Waals surface area (Å²) in [5.74, 6) is -1.74. The van der Waals surface area contributed by atoms with Crippen LogP contribution in [0, 0.1) is 32.4 Å². The molecular weight excluding hydrogens is 342 g/mol. The normalized spacial score (nSPS) is 10.8. The van der Waals surface area contributed by atoms with E-state index in [1.54, 1.807) is 6.92 Å². The van der Waals surface area contributed by atoms with Crippen molar-refractivity contribution in [1.82, 2.24) is 4.98 Å². The molecule has 0 fully saturated rings. The van der Waals surface area contributed by atoms with Gasteiger partial charge in [0.1, 0.15) is 21.5 Å². The number of carbonyl (C=O) groups is 1. The molecule has 1 heterocycles. The Kier molecular flexibility index (Phi) is 4.63. The van der Waals surface area contributed by atoms with Crippen molar-refractivity contribution in [2.45, 2.75) is 20.8 Å². The summed E-state index contributed by atoms with van der Waals surface area (Å²) < 4.78 is 27.9. The summed E-state index contributed by atoms with van der Waals surface area (Å²) in [6.07, 6.45) is 0. The van der Waals surface area contributed by atoms with Crippen LogP contribution in [-0.4, -0.2) is 10.9 Å². The molecule has 1 amide bonds. The van der Waals surface area contributed by atoms with Crippen LogP contribution >= 0.6 is 11.3 Å². The molecule has 6 heteroatoms. The van der Waals surface area contributed by atoms with Crippen LogP contribution in [0.15, 0.2) is 36.4 Å². The van der Waals surface area contributed by atoms with E-state index in [1.807, 2.05) is 32.0 Å². The second-order valence-corrected chi connectivity index (χ2v) is 6.73. The number of benzene rings is 2. The van der Waals surface area contributed by atoms with E-state index in [0.717, 1.165) is 22.5 Å². The Balaban J connectivity index is 1.95. The van der Waals surface area contributed by atoms with Crippen LogP contribution in [0.4, 0.5) is 14.5 Å². The van der Waals surface area contributed by atoms with E-state index in [2.05, 4.69) is 10.3 Å². The first-order chi connectivity index (χ1) is 11.9. The van der Waals surface area contributed by atoms with Gasteiger partial charge in [-0.1, -0.05) is 18.2 Å². The summed E-state index contributed by atoms with van der Waals surface area (Å²) in [4.78, 5) is 17.1. The molecule has 0 aliphatic heterocycles. The van der Waals surface area contributed by atoms with Crippen LogP contribution in [0.5, 0.6) is 0 Å². The third kappa shape index (κ3) is 3.30. The molecule has 0 aliphatic carbocycles. The summed E-state index contributed by atoms with van der Waals surface area (Å²) in [7, 11) is 0. The molecule has 0 aliphatic rings. The van der Waals surface area contributed by atoms with Gasteiger partial charge in [0.2, 0.25) is 0 Å². The van der Waals surface area contributed by atoms with Gasteiger partial charge < -0.3 is 5.32 Å². The summed E-state index contributed by atoms with van der Waals surface area (Å²) in [5, 5.41) is 3.00. The van der Waals surface area contributed by atoms with Crippen LogP contribution in [0.1, 0.15) is 26.5 Å². The fourth-order valence-electron chi connectivity index (χ4n) is 2.48. The van der Waals surface area contributed by atoms with Gasteiger partial charge >= 0.3 is 0 Å². The molecule has 0 radical (unpaired) electrons. The number of carbonyl (C=O) groups excluding carboxylic acids is 1. The molecule has 1 aromatic heterocycles. The Morgan fingerprint density at radius 2 is 1.68 bits per heavy atom. The van der Waals surface area contributed by atoms with E-state index in [0.29, 0.717) is 16.3 Å². The van der Waals surface area contributed by atoms with E-state index < -0.39 is 11.6 Å². The van der Waals surface area contributed by atoms with Gasteiger partial charge in [0.05, 0.1) is 11.3 Å². The predicted octanol–water partition coefficient (Wildman–Crippen LogP) is 5.27. The number of nitrogens with zero attached hydrogens (tertiary/aromatic N) is 1. The van der Waals surface area contributed by atoms with E-state index in [9.17, 15) is 13.6 Å². The van der Waals surface area contributed by atoms with E-state index in [4.69, 9.17) is 0 Å². The standard InChI is InChI=1S/C19H16F2N2OS/c1-10-6-4-9-15(11(10)2)23-18(24)17-12(3)22-19(25-17)16-13(20)7-5-8-14(16)21/h4-9H,1-3H3,(H,23,24). The second kappa shape index (κ2) is 6.72. The molecule has 0 saturated heterocycles. The van der Waals surface area contributed by atoms with Crippen molar-refractivity contribution in [3.63, 3.8) is 0 Å². The monoisotopic (exact) mass is 358 g/mol. The van der Waals surface area contributed by atoms with Gasteiger partial charge in [0.25, 0.3) is 5.91 Å². The Bertz CT molecular complexity index is 946. The van der Waals surface area contributed by atoms with Crippen molar-refractivity contribution in [2.75, 3.05) is 5.32 Å². The fraction of sp³-hybridized carbons (Fsp3) is 0.158. The average Bonchev–Trinajstić information content (AvgIpc) is 2.93. The number of hydrogen-bond donors (Lipinski definition) is 1. The highest BCUT2D eigenvalue weighted by Crippen LogP contribution is 2.32. The highest BCUT2D eigenvalue weighted by molar-refractivity contribution is 7.17. The van der Waals surface area contributed by atoms with Crippen LogP contribution in [-0.2, 0) is 0 Å². The Morgan fingerprint density at radius 1 is 1.04 bits per heavy atom. The van der Waals surface area contributed by atoms with Gasteiger partial charge in [0.15, 0.2) is 0 Å². The molecule has 2 aromatic carbocycles. The van der Waals surface area contributed by atoms with Gasteiger partial charge in [-0.15, -0.1) is 11.3 Å². The Labute approximate surface area is 148 Å². The molecule has 3 aromatic rings. The molecule has 1 N–H and O–H groups in total. The summed E-state index contributed by atoms with van der Waals surface area (Å²) in [6.45, 7) is 5.53. The molecule has 3 rings (SSSR count). The summed E-state index contributed by atoms with van der Waals surface area (Å²) in [6, 6.07) is 9.27. The van der Waals surface area contributed by atoms with Gasteiger partial charge in [-0.2, -0.15) is 0 Å². The van der Waals surface area contributed by atoms with E-state index in [-0.39, 0.29) is 16.5 Å². The third-order valence-corrected chi connectivity index (χ3v) is 5.21. The van der Waals surface area contributed by atoms with Gasteiger partial charge in [-0.05, 0) is 50.1 Å². The van der Waals surface area contributed by atoms with E-state index in [1.165, 1.54) is 18.2 Å². The first-order valence-electron chi connectivity index (χ1n) is 7.68. The zero-order valence-corrected chi connectivity index (χ0v) is 14.8. The van der Waals surface area contributed by atoms with Gasteiger partial charge in [-0.3, -0.25) is 4.79 Å². The molecule has 0 atom stereocenters. The molecule has 0 saturated carbocycles. The summed E-state index contributed by atoms with van der Waals surface area (Å²) in [5.41, 5.74) is 2.97. The zero-order valence-electron chi connectivity index (χ0n) is 14.0. The molecule has 0 spiro atoms. The molecular formula is C19H16F2N2OS. The number of hydrogen-bond acceptors (Lipinski definition) is 3. The van der Waals surface area contributed by atoms with Crippen LogP contribution in [0.25, 0.3) is 10.6 Å². The third-order valence-electron chi connectivity index (χ3n) is 4.03. The van der Waals surface area contributed by atoms with Crippen molar-refractivity contribution in [2.24, 2.45) is 0 Å². The summed E-state index contributed by atoms with van der Waals surface area (Å²) >= 11 is 0.975. The molecule has 128 valence electrons. The van der Waals surface area contributed by atoms with Crippen LogP contribution in [0.2, 0.25) is 0 Å². The van der Waals surface area contributed by atoms with Crippen molar-refractivity contribution in [3.8, 4) is 10.6 Å². The van der Waals surface area contributed by atoms with Gasteiger partial charge in [-0.25, -0.2) is 13.8 Å². The maximum absolute atomic E-state index is 13.9. The number of halogens is 2. The number of anilines is 1. The van der Waals surface area contributed by atoms with Crippen LogP contribution < -0.4 is 5.32 Å². The number of aryl methyl sites for hydroxylation is 2. The van der Waals surface area contributed by atoms with Crippen molar-refractivity contribution in [1.29, 1.82) is 0 Å². The SMILES string of the molecule is Cc1cccc(NC(=O)c2sc(-c3c(F)cccc3F)nc2C)c1C. The predicted molar refractivity (Wildman–Crippen MR) is 96.1 cm³/mol.